The highest BCUT2D eigenvalue weighted by molar-refractivity contribution is 5.71. The SMILES string of the molecule is CCCCCCC/C=C\C/C=C\CCCCCCCCCCCC(=O)OC(COC(=O)CCCCCCCC)COC(=O)CCCCCCCCCCCCC/C=C\CCCCCCCCCC. The summed E-state index contributed by atoms with van der Waals surface area (Å²) in [4.78, 5) is 37.9. The summed E-state index contributed by atoms with van der Waals surface area (Å²) in [6, 6.07) is 0. The van der Waals surface area contributed by atoms with Crippen molar-refractivity contribution in [2.75, 3.05) is 13.2 Å². The van der Waals surface area contributed by atoms with Gasteiger partial charge in [-0.15, -0.1) is 0 Å². The number of rotatable bonds is 55. The van der Waals surface area contributed by atoms with E-state index in [1.54, 1.807) is 0 Å². The standard InChI is InChI=1S/C62H114O6/c1-4-7-10-13-16-18-20-22-24-26-28-30-31-33-34-36-38-40-42-44-46-49-52-55-61(64)67-58-59(57-66-60(63)54-51-48-15-12-9-6-3)68-62(65)56-53-50-47-45-43-41-39-37-35-32-29-27-25-23-21-19-17-14-11-8-5-2/h21,23,26-29,59H,4-20,22,24-25,30-58H2,1-3H3/b23-21-,28-26-,29-27-. The fraction of sp³-hybridized carbons (Fsp3) is 0.855. The third-order valence-electron chi connectivity index (χ3n) is 13.4. The molecular weight excluding hydrogens is 841 g/mol. The number of unbranched alkanes of at least 4 members (excludes halogenated alkanes) is 38. The van der Waals surface area contributed by atoms with Crippen molar-refractivity contribution in [3.05, 3.63) is 36.5 Å². The van der Waals surface area contributed by atoms with Gasteiger partial charge >= 0.3 is 17.9 Å². The predicted molar refractivity (Wildman–Crippen MR) is 293 cm³/mol. The van der Waals surface area contributed by atoms with Crippen LogP contribution in [0.1, 0.15) is 323 Å². The van der Waals surface area contributed by atoms with Gasteiger partial charge in [0.1, 0.15) is 13.2 Å². The zero-order valence-corrected chi connectivity index (χ0v) is 45.6. The lowest BCUT2D eigenvalue weighted by atomic mass is 10.0. The van der Waals surface area contributed by atoms with Gasteiger partial charge in [-0.25, -0.2) is 0 Å². The van der Waals surface area contributed by atoms with Gasteiger partial charge in [0.15, 0.2) is 6.10 Å². The van der Waals surface area contributed by atoms with Crippen molar-refractivity contribution in [2.24, 2.45) is 0 Å². The molecule has 0 heterocycles. The van der Waals surface area contributed by atoms with Crippen LogP contribution in [-0.2, 0) is 28.6 Å². The first-order chi connectivity index (χ1) is 33.5. The lowest BCUT2D eigenvalue weighted by Gasteiger charge is -2.18. The van der Waals surface area contributed by atoms with E-state index in [-0.39, 0.29) is 31.1 Å². The molecule has 6 heteroatoms. The Labute approximate surface area is 423 Å². The summed E-state index contributed by atoms with van der Waals surface area (Å²) in [5.41, 5.74) is 0. The maximum Gasteiger partial charge on any atom is 0.306 e. The molecule has 0 bridgehead atoms. The van der Waals surface area contributed by atoms with E-state index < -0.39 is 6.10 Å². The minimum absolute atomic E-state index is 0.0716. The second kappa shape index (κ2) is 57.2. The van der Waals surface area contributed by atoms with Crippen molar-refractivity contribution in [1.29, 1.82) is 0 Å². The Balaban J connectivity index is 4.10. The molecule has 0 saturated heterocycles. The van der Waals surface area contributed by atoms with Gasteiger partial charge < -0.3 is 14.2 Å². The monoisotopic (exact) mass is 955 g/mol. The van der Waals surface area contributed by atoms with Crippen molar-refractivity contribution < 1.29 is 28.6 Å². The van der Waals surface area contributed by atoms with E-state index in [9.17, 15) is 14.4 Å². The molecule has 6 nitrogen and oxygen atoms in total. The number of allylic oxidation sites excluding steroid dienone is 6. The molecule has 0 saturated carbocycles. The van der Waals surface area contributed by atoms with Crippen LogP contribution in [-0.4, -0.2) is 37.2 Å². The molecule has 0 aliphatic rings. The molecule has 0 N–H and O–H groups in total. The smallest absolute Gasteiger partial charge is 0.306 e. The van der Waals surface area contributed by atoms with Gasteiger partial charge in [-0.05, 0) is 77.0 Å². The zero-order valence-electron chi connectivity index (χ0n) is 45.6. The van der Waals surface area contributed by atoms with Crippen LogP contribution in [0.3, 0.4) is 0 Å². The molecule has 0 aromatic heterocycles. The maximum absolute atomic E-state index is 12.8. The predicted octanol–water partition coefficient (Wildman–Crippen LogP) is 20.0. The average molecular weight is 956 g/mol. The van der Waals surface area contributed by atoms with Crippen molar-refractivity contribution in [3.63, 3.8) is 0 Å². The summed E-state index contributed by atoms with van der Waals surface area (Å²) in [5.74, 6) is -0.871. The second-order valence-electron chi connectivity index (χ2n) is 20.3. The third kappa shape index (κ3) is 54.6. The summed E-state index contributed by atoms with van der Waals surface area (Å²) >= 11 is 0. The van der Waals surface area contributed by atoms with E-state index in [2.05, 4.69) is 57.2 Å². The van der Waals surface area contributed by atoms with Gasteiger partial charge in [-0.2, -0.15) is 0 Å². The fourth-order valence-electron chi connectivity index (χ4n) is 8.82. The topological polar surface area (TPSA) is 78.9 Å². The number of ether oxygens (including phenoxy) is 3. The Bertz CT molecular complexity index is 1140. The van der Waals surface area contributed by atoms with E-state index in [1.165, 1.54) is 218 Å². The van der Waals surface area contributed by atoms with Gasteiger partial charge in [-0.3, -0.25) is 14.4 Å². The number of hydrogen-bond donors (Lipinski definition) is 0. The molecule has 0 aliphatic carbocycles. The molecule has 0 amide bonds. The van der Waals surface area contributed by atoms with Crippen LogP contribution in [0.4, 0.5) is 0 Å². The third-order valence-corrected chi connectivity index (χ3v) is 13.4. The van der Waals surface area contributed by atoms with Gasteiger partial charge in [-0.1, -0.05) is 263 Å². The first kappa shape index (κ1) is 65.6. The van der Waals surface area contributed by atoms with Gasteiger partial charge in [0, 0.05) is 19.3 Å². The molecule has 1 atom stereocenters. The van der Waals surface area contributed by atoms with Crippen LogP contribution in [0.5, 0.6) is 0 Å². The van der Waals surface area contributed by atoms with Gasteiger partial charge in [0.2, 0.25) is 0 Å². The highest BCUT2D eigenvalue weighted by atomic mass is 16.6. The number of hydrogen-bond acceptors (Lipinski definition) is 6. The Hall–Kier alpha value is -2.37. The van der Waals surface area contributed by atoms with Crippen LogP contribution in [0.15, 0.2) is 36.5 Å². The number of carbonyl (C=O) groups is 3. The molecule has 68 heavy (non-hydrogen) atoms. The normalized spacial score (nSPS) is 12.2. The van der Waals surface area contributed by atoms with Crippen molar-refractivity contribution in [3.8, 4) is 0 Å². The number of carbonyl (C=O) groups excluding carboxylic acids is 3. The zero-order chi connectivity index (χ0) is 49.3. The lowest BCUT2D eigenvalue weighted by Crippen LogP contribution is -2.30. The van der Waals surface area contributed by atoms with Crippen LogP contribution < -0.4 is 0 Å². The second-order valence-corrected chi connectivity index (χ2v) is 20.3. The van der Waals surface area contributed by atoms with E-state index >= 15 is 0 Å². The largest absolute Gasteiger partial charge is 0.462 e. The van der Waals surface area contributed by atoms with Gasteiger partial charge in [0.05, 0.1) is 0 Å². The molecule has 1 unspecified atom stereocenters. The summed E-state index contributed by atoms with van der Waals surface area (Å²) < 4.78 is 16.8. The molecule has 0 rings (SSSR count). The Morgan fingerprint density at radius 2 is 0.529 bits per heavy atom. The Morgan fingerprint density at radius 3 is 0.824 bits per heavy atom. The van der Waals surface area contributed by atoms with E-state index in [0.29, 0.717) is 19.3 Å². The molecule has 0 aromatic rings. The van der Waals surface area contributed by atoms with Crippen molar-refractivity contribution in [1.82, 2.24) is 0 Å². The Kier molecular flexibility index (Phi) is 55.2. The maximum atomic E-state index is 12.8. The average Bonchev–Trinajstić information content (AvgIpc) is 3.34. The summed E-state index contributed by atoms with van der Waals surface area (Å²) in [7, 11) is 0. The minimum atomic E-state index is -0.770. The summed E-state index contributed by atoms with van der Waals surface area (Å²) in [5, 5.41) is 0. The first-order valence-electron chi connectivity index (χ1n) is 30.0. The van der Waals surface area contributed by atoms with Crippen LogP contribution in [0.2, 0.25) is 0 Å². The van der Waals surface area contributed by atoms with Crippen LogP contribution >= 0.6 is 0 Å². The molecule has 0 radical (unpaired) electrons. The Morgan fingerprint density at radius 1 is 0.294 bits per heavy atom. The number of esters is 3. The summed E-state index contributed by atoms with van der Waals surface area (Å²) in [6.07, 6.45) is 68.9. The minimum Gasteiger partial charge on any atom is -0.462 e. The molecule has 0 aliphatic heterocycles. The molecule has 0 aromatic carbocycles. The molecule has 0 fully saturated rings. The van der Waals surface area contributed by atoms with Crippen LogP contribution in [0.25, 0.3) is 0 Å². The van der Waals surface area contributed by atoms with E-state index in [1.807, 2.05) is 0 Å². The lowest BCUT2D eigenvalue weighted by molar-refractivity contribution is -0.167. The van der Waals surface area contributed by atoms with Crippen molar-refractivity contribution >= 4 is 17.9 Å². The first-order valence-corrected chi connectivity index (χ1v) is 30.0. The van der Waals surface area contributed by atoms with Gasteiger partial charge in [0.25, 0.3) is 0 Å². The van der Waals surface area contributed by atoms with E-state index in [0.717, 1.165) is 64.2 Å². The van der Waals surface area contributed by atoms with Crippen molar-refractivity contribution in [2.45, 2.75) is 329 Å². The quantitative estimate of drug-likeness (QED) is 0.0262. The fourth-order valence-corrected chi connectivity index (χ4v) is 8.82. The molecule has 398 valence electrons. The molecular formula is C62H114O6. The highest BCUT2D eigenvalue weighted by Gasteiger charge is 2.19. The van der Waals surface area contributed by atoms with E-state index in [4.69, 9.17) is 14.2 Å². The van der Waals surface area contributed by atoms with Crippen LogP contribution in [0, 0.1) is 0 Å². The summed E-state index contributed by atoms with van der Waals surface area (Å²) in [6.45, 7) is 6.61. The highest BCUT2D eigenvalue weighted by Crippen LogP contribution is 2.16. The molecule has 0 spiro atoms.